The largest absolute Gasteiger partial charge is 0.372 e. The molecule has 2 aromatic heterocycles. The number of rotatable bonds is 6. The smallest absolute Gasteiger partial charge is 0.244 e. The number of hydrogen-bond acceptors (Lipinski definition) is 5. The molecule has 1 aliphatic heterocycles. The van der Waals surface area contributed by atoms with Gasteiger partial charge in [0, 0.05) is 25.5 Å². The van der Waals surface area contributed by atoms with E-state index in [-0.39, 0.29) is 11.7 Å². The second kappa shape index (κ2) is 9.55. The van der Waals surface area contributed by atoms with Gasteiger partial charge in [-0.05, 0) is 67.6 Å². The first-order chi connectivity index (χ1) is 15.1. The lowest BCUT2D eigenvalue weighted by atomic mass is 9.89. The molecule has 1 amide bonds. The summed E-state index contributed by atoms with van der Waals surface area (Å²) in [6, 6.07) is 15.7. The number of benzene rings is 1. The Hall–Kier alpha value is -3.48. The van der Waals surface area contributed by atoms with Crippen LogP contribution in [0.2, 0.25) is 0 Å². The van der Waals surface area contributed by atoms with Crippen LogP contribution in [0.5, 0.6) is 0 Å². The number of carbonyl (C=O) groups excluding carboxylic acids is 1. The summed E-state index contributed by atoms with van der Waals surface area (Å²) in [5.41, 5.74) is 1.56. The van der Waals surface area contributed by atoms with Crippen molar-refractivity contribution in [1.82, 2.24) is 14.9 Å². The van der Waals surface area contributed by atoms with Gasteiger partial charge in [0.1, 0.15) is 23.5 Å². The number of piperidine rings is 1. The number of pyridine rings is 2. The van der Waals surface area contributed by atoms with E-state index in [0.717, 1.165) is 24.5 Å². The highest BCUT2D eigenvalue weighted by atomic mass is 19.1. The van der Waals surface area contributed by atoms with Gasteiger partial charge in [-0.25, -0.2) is 14.4 Å². The van der Waals surface area contributed by atoms with Crippen LogP contribution in [0.3, 0.4) is 0 Å². The summed E-state index contributed by atoms with van der Waals surface area (Å²) in [4.78, 5) is 23.4. The molecule has 0 saturated carbocycles. The van der Waals surface area contributed by atoms with Crippen molar-refractivity contribution in [2.45, 2.75) is 31.7 Å². The van der Waals surface area contributed by atoms with Gasteiger partial charge in [0.25, 0.3) is 0 Å². The number of para-hydroxylation sites is 1. The average molecular weight is 420 g/mol. The molecule has 1 fully saturated rings. The summed E-state index contributed by atoms with van der Waals surface area (Å²) in [7, 11) is 0. The van der Waals surface area contributed by atoms with E-state index in [1.807, 2.05) is 29.2 Å². The van der Waals surface area contributed by atoms with Crippen LogP contribution >= 0.6 is 0 Å². The Morgan fingerprint density at radius 3 is 2.52 bits per heavy atom. The van der Waals surface area contributed by atoms with Gasteiger partial charge in [-0.2, -0.15) is 0 Å². The second-order valence-electron chi connectivity index (χ2n) is 7.76. The van der Waals surface area contributed by atoms with E-state index >= 15 is 0 Å². The van der Waals surface area contributed by atoms with Crippen molar-refractivity contribution < 1.29 is 9.18 Å². The van der Waals surface area contributed by atoms with E-state index in [0.29, 0.717) is 24.7 Å². The Balaban J connectivity index is 1.33. The zero-order chi connectivity index (χ0) is 21.6. The van der Waals surface area contributed by atoms with Crippen molar-refractivity contribution in [3.05, 3.63) is 78.4 Å². The monoisotopic (exact) mass is 419 g/mol. The second-order valence-corrected chi connectivity index (χ2v) is 7.76. The number of likely N-dealkylation sites (tertiary alicyclic amines) is 1. The number of halogens is 1. The lowest BCUT2D eigenvalue weighted by molar-refractivity contribution is -0.132. The summed E-state index contributed by atoms with van der Waals surface area (Å²) in [6.45, 7) is 3.13. The fourth-order valence-electron chi connectivity index (χ4n) is 3.92. The third-order valence-electron chi connectivity index (χ3n) is 5.60. The molecule has 3 heterocycles. The van der Waals surface area contributed by atoms with E-state index in [2.05, 4.69) is 26.7 Å². The Morgan fingerprint density at radius 2 is 1.77 bits per heavy atom. The summed E-state index contributed by atoms with van der Waals surface area (Å²) in [5, 5.41) is 6.22. The zero-order valence-electron chi connectivity index (χ0n) is 17.5. The first kappa shape index (κ1) is 20.8. The molecular formula is C24H26FN5O. The van der Waals surface area contributed by atoms with Crippen molar-refractivity contribution in [2.75, 3.05) is 23.7 Å². The van der Waals surface area contributed by atoms with E-state index in [4.69, 9.17) is 0 Å². The van der Waals surface area contributed by atoms with Crippen molar-refractivity contribution >= 4 is 23.2 Å². The van der Waals surface area contributed by atoms with Crippen LogP contribution in [0.15, 0.2) is 67.0 Å². The molecule has 7 heteroatoms. The number of carbonyl (C=O) groups is 1. The number of nitrogens with zero attached hydrogens (tertiary/aromatic N) is 3. The van der Waals surface area contributed by atoms with Gasteiger partial charge in [0.15, 0.2) is 0 Å². The summed E-state index contributed by atoms with van der Waals surface area (Å²) >= 11 is 0. The van der Waals surface area contributed by atoms with Crippen molar-refractivity contribution in [2.24, 2.45) is 0 Å². The lowest BCUT2D eigenvalue weighted by Gasteiger charge is -2.34. The molecule has 31 heavy (non-hydrogen) atoms. The third-order valence-corrected chi connectivity index (χ3v) is 5.60. The van der Waals surface area contributed by atoms with Gasteiger partial charge in [0.05, 0.1) is 5.69 Å². The Bertz CT molecular complexity index is 1020. The number of aromatic nitrogens is 2. The van der Waals surface area contributed by atoms with Crippen LogP contribution in [-0.4, -0.2) is 39.9 Å². The molecule has 1 aromatic carbocycles. The Morgan fingerprint density at radius 1 is 1.03 bits per heavy atom. The van der Waals surface area contributed by atoms with Gasteiger partial charge >= 0.3 is 0 Å². The van der Waals surface area contributed by atoms with Crippen molar-refractivity contribution in [3.8, 4) is 0 Å². The highest BCUT2D eigenvalue weighted by Crippen LogP contribution is 2.30. The molecule has 3 aromatic rings. The SMILES string of the molecule is C[C@@H](Nc1ccccc1F)C(=O)N1CCC(c2ccnc(Nc3ccccn3)c2)CC1. The first-order valence-electron chi connectivity index (χ1n) is 10.5. The van der Waals surface area contributed by atoms with Crippen LogP contribution < -0.4 is 10.6 Å². The normalized spacial score (nSPS) is 15.4. The molecular weight excluding hydrogens is 393 g/mol. The van der Waals surface area contributed by atoms with E-state index in [9.17, 15) is 9.18 Å². The van der Waals surface area contributed by atoms with Gasteiger partial charge < -0.3 is 15.5 Å². The van der Waals surface area contributed by atoms with Gasteiger partial charge in [-0.1, -0.05) is 18.2 Å². The fraction of sp³-hybridized carbons (Fsp3) is 0.292. The lowest BCUT2D eigenvalue weighted by Crippen LogP contribution is -2.45. The zero-order valence-corrected chi connectivity index (χ0v) is 17.5. The molecule has 1 atom stereocenters. The molecule has 1 saturated heterocycles. The molecule has 1 aliphatic rings. The number of amides is 1. The molecule has 6 nitrogen and oxygen atoms in total. The van der Waals surface area contributed by atoms with E-state index in [1.54, 1.807) is 37.5 Å². The quantitative estimate of drug-likeness (QED) is 0.613. The van der Waals surface area contributed by atoms with Crippen LogP contribution in [0.4, 0.5) is 21.7 Å². The summed E-state index contributed by atoms with van der Waals surface area (Å²) in [5.74, 6) is 1.52. The molecule has 0 radical (unpaired) electrons. The Labute approximate surface area is 181 Å². The molecule has 160 valence electrons. The highest BCUT2D eigenvalue weighted by molar-refractivity contribution is 5.84. The topological polar surface area (TPSA) is 70.2 Å². The summed E-state index contributed by atoms with van der Waals surface area (Å²) < 4.78 is 13.9. The average Bonchev–Trinajstić information content (AvgIpc) is 2.81. The first-order valence-corrected chi connectivity index (χ1v) is 10.5. The molecule has 0 spiro atoms. The molecule has 4 rings (SSSR count). The highest BCUT2D eigenvalue weighted by Gasteiger charge is 2.27. The van der Waals surface area contributed by atoms with Gasteiger partial charge in [-0.3, -0.25) is 4.79 Å². The molecule has 0 unspecified atom stereocenters. The number of anilines is 3. The van der Waals surface area contributed by atoms with Crippen LogP contribution in [0.1, 0.15) is 31.2 Å². The predicted molar refractivity (Wildman–Crippen MR) is 120 cm³/mol. The van der Waals surface area contributed by atoms with Gasteiger partial charge in [-0.15, -0.1) is 0 Å². The fourth-order valence-corrected chi connectivity index (χ4v) is 3.92. The molecule has 0 aliphatic carbocycles. The minimum atomic E-state index is -0.483. The predicted octanol–water partition coefficient (Wildman–Crippen LogP) is 4.57. The van der Waals surface area contributed by atoms with E-state index < -0.39 is 6.04 Å². The molecule has 0 bridgehead atoms. The summed E-state index contributed by atoms with van der Waals surface area (Å²) in [6.07, 6.45) is 5.30. The Kier molecular flexibility index (Phi) is 6.40. The van der Waals surface area contributed by atoms with Crippen LogP contribution in [0.25, 0.3) is 0 Å². The maximum Gasteiger partial charge on any atom is 0.244 e. The standard InChI is InChI=1S/C24H26FN5O/c1-17(28-21-7-3-2-6-20(21)25)24(31)30-14-10-18(11-15-30)19-9-13-27-23(16-19)29-22-8-4-5-12-26-22/h2-9,12-13,16-18,28H,10-11,14-15H2,1H3,(H,26,27,29)/t17-/m1/s1. The number of hydrogen-bond donors (Lipinski definition) is 2. The maximum absolute atomic E-state index is 13.9. The molecule has 2 N–H and O–H groups in total. The van der Waals surface area contributed by atoms with E-state index in [1.165, 1.54) is 11.6 Å². The van der Waals surface area contributed by atoms with Crippen LogP contribution in [-0.2, 0) is 4.79 Å². The van der Waals surface area contributed by atoms with Crippen molar-refractivity contribution in [1.29, 1.82) is 0 Å². The number of nitrogens with one attached hydrogen (secondary N) is 2. The van der Waals surface area contributed by atoms with Gasteiger partial charge in [0.2, 0.25) is 5.91 Å². The third kappa shape index (κ3) is 5.17. The minimum absolute atomic E-state index is 0.00561. The minimum Gasteiger partial charge on any atom is -0.372 e. The van der Waals surface area contributed by atoms with Crippen molar-refractivity contribution in [3.63, 3.8) is 0 Å². The van der Waals surface area contributed by atoms with Crippen LogP contribution in [0, 0.1) is 5.82 Å². The maximum atomic E-state index is 13.9.